The Balaban J connectivity index is 1.48. The van der Waals surface area contributed by atoms with E-state index in [0.29, 0.717) is 29.1 Å². The number of methoxy groups -OCH3 is 1. The molecule has 0 atom stereocenters. The number of nitrogens with zero attached hydrogens (tertiary/aromatic N) is 2. The maximum Gasteiger partial charge on any atom is 0.227 e. The standard InChI is InChI=1S/C22H17BrClN3O2/c1-28-21-15(6-4-7-18(21)24)13-29-16-9-10-20(17(23)11-16)27-22-25-12-14-5-2-3-8-19(14)26-22/h2-12H,13H2,1H3,(H,25,26,27). The Hall–Kier alpha value is -2.83. The summed E-state index contributed by atoms with van der Waals surface area (Å²) in [6.07, 6.45) is 1.80. The molecule has 146 valence electrons. The highest BCUT2D eigenvalue weighted by Crippen LogP contribution is 2.32. The zero-order valence-corrected chi connectivity index (χ0v) is 17.9. The second-order valence-electron chi connectivity index (χ2n) is 6.24. The Bertz CT molecular complexity index is 1170. The zero-order valence-electron chi connectivity index (χ0n) is 15.5. The predicted octanol–water partition coefficient (Wildman–Crippen LogP) is 6.38. The summed E-state index contributed by atoms with van der Waals surface area (Å²) in [5, 5.41) is 4.79. The summed E-state index contributed by atoms with van der Waals surface area (Å²) in [4.78, 5) is 8.91. The molecule has 1 N–H and O–H groups in total. The van der Waals surface area contributed by atoms with Gasteiger partial charge in [0.05, 0.1) is 23.3 Å². The van der Waals surface area contributed by atoms with Crippen molar-refractivity contribution in [1.29, 1.82) is 0 Å². The quantitative estimate of drug-likeness (QED) is 0.354. The average molecular weight is 471 g/mol. The Labute approximate surface area is 181 Å². The summed E-state index contributed by atoms with van der Waals surface area (Å²) in [7, 11) is 1.59. The minimum atomic E-state index is 0.344. The SMILES string of the molecule is COc1c(Cl)cccc1COc1ccc(Nc2ncc3ccccc3n2)c(Br)c1. The Morgan fingerprint density at radius 2 is 1.93 bits per heavy atom. The van der Waals surface area contributed by atoms with Gasteiger partial charge in [-0.1, -0.05) is 41.9 Å². The lowest BCUT2D eigenvalue weighted by molar-refractivity contribution is 0.296. The third-order valence-electron chi connectivity index (χ3n) is 4.32. The minimum Gasteiger partial charge on any atom is -0.495 e. The molecule has 0 bridgehead atoms. The van der Waals surface area contributed by atoms with Crippen LogP contribution >= 0.6 is 27.5 Å². The van der Waals surface area contributed by atoms with Crippen LogP contribution < -0.4 is 14.8 Å². The molecule has 1 aromatic heterocycles. The predicted molar refractivity (Wildman–Crippen MR) is 119 cm³/mol. The van der Waals surface area contributed by atoms with Gasteiger partial charge in [-0.3, -0.25) is 0 Å². The summed E-state index contributed by atoms with van der Waals surface area (Å²) in [6, 6.07) is 19.1. The first-order valence-electron chi connectivity index (χ1n) is 8.86. The van der Waals surface area contributed by atoms with Gasteiger partial charge in [-0.05, 0) is 46.3 Å². The van der Waals surface area contributed by atoms with E-state index in [4.69, 9.17) is 21.1 Å². The van der Waals surface area contributed by atoms with E-state index < -0.39 is 0 Å². The molecule has 0 saturated heterocycles. The lowest BCUT2D eigenvalue weighted by Gasteiger charge is -2.13. The molecule has 0 spiro atoms. The Kier molecular flexibility index (Phi) is 5.83. The normalized spacial score (nSPS) is 10.7. The van der Waals surface area contributed by atoms with Gasteiger partial charge >= 0.3 is 0 Å². The first-order valence-corrected chi connectivity index (χ1v) is 10.0. The number of hydrogen-bond donors (Lipinski definition) is 1. The third kappa shape index (κ3) is 4.44. The number of nitrogens with one attached hydrogen (secondary N) is 1. The fraction of sp³-hybridized carbons (Fsp3) is 0.0909. The highest BCUT2D eigenvalue weighted by Gasteiger charge is 2.09. The van der Waals surface area contributed by atoms with Crippen molar-refractivity contribution in [2.24, 2.45) is 0 Å². The van der Waals surface area contributed by atoms with Gasteiger partial charge in [0.15, 0.2) is 0 Å². The Morgan fingerprint density at radius 1 is 1.07 bits per heavy atom. The number of rotatable bonds is 6. The van der Waals surface area contributed by atoms with E-state index >= 15 is 0 Å². The molecule has 29 heavy (non-hydrogen) atoms. The molecule has 0 unspecified atom stereocenters. The lowest BCUT2D eigenvalue weighted by atomic mass is 10.2. The third-order valence-corrected chi connectivity index (χ3v) is 5.28. The number of aromatic nitrogens is 2. The molecule has 3 aromatic carbocycles. The van der Waals surface area contributed by atoms with Crippen LogP contribution in [0.1, 0.15) is 5.56 Å². The Morgan fingerprint density at radius 3 is 2.76 bits per heavy atom. The topological polar surface area (TPSA) is 56.3 Å². The van der Waals surface area contributed by atoms with Crippen molar-refractivity contribution in [1.82, 2.24) is 9.97 Å². The summed E-state index contributed by atoms with van der Waals surface area (Å²) in [6.45, 7) is 0.344. The van der Waals surface area contributed by atoms with Gasteiger partial charge in [0.1, 0.15) is 18.1 Å². The number of halogens is 2. The molecular formula is C22H17BrClN3O2. The van der Waals surface area contributed by atoms with Gasteiger partial charge in [0.25, 0.3) is 0 Å². The monoisotopic (exact) mass is 469 g/mol. The molecule has 0 fully saturated rings. The van der Waals surface area contributed by atoms with Crippen molar-refractivity contribution in [3.63, 3.8) is 0 Å². The van der Waals surface area contributed by atoms with Crippen molar-refractivity contribution in [3.05, 3.63) is 81.9 Å². The van der Waals surface area contributed by atoms with E-state index in [9.17, 15) is 0 Å². The molecule has 1 heterocycles. The van der Waals surface area contributed by atoms with Gasteiger partial charge in [-0.15, -0.1) is 0 Å². The van der Waals surface area contributed by atoms with E-state index in [0.717, 1.165) is 26.6 Å². The first-order chi connectivity index (χ1) is 14.1. The highest BCUT2D eigenvalue weighted by molar-refractivity contribution is 9.10. The minimum absolute atomic E-state index is 0.344. The van der Waals surface area contributed by atoms with Crippen molar-refractivity contribution < 1.29 is 9.47 Å². The fourth-order valence-electron chi connectivity index (χ4n) is 2.90. The van der Waals surface area contributed by atoms with Crippen LogP contribution in [0.4, 0.5) is 11.6 Å². The van der Waals surface area contributed by atoms with Crippen LogP contribution in [0.15, 0.2) is 71.3 Å². The van der Waals surface area contributed by atoms with Gasteiger partial charge in [0.2, 0.25) is 5.95 Å². The molecule has 0 saturated carbocycles. The molecule has 0 aliphatic rings. The van der Waals surface area contributed by atoms with Crippen molar-refractivity contribution in [2.45, 2.75) is 6.61 Å². The molecular weight excluding hydrogens is 454 g/mol. The molecule has 0 amide bonds. The van der Waals surface area contributed by atoms with E-state index in [1.807, 2.05) is 54.6 Å². The number of para-hydroxylation sites is 2. The van der Waals surface area contributed by atoms with E-state index in [-0.39, 0.29) is 0 Å². The summed E-state index contributed by atoms with van der Waals surface area (Å²) in [5.74, 6) is 1.87. The number of anilines is 2. The molecule has 0 radical (unpaired) electrons. The number of hydrogen-bond acceptors (Lipinski definition) is 5. The highest BCUT2D eigenvalue weighted by atomic mass is 79.9. The second kappa shape index (κ2) is 8.68. The lowest BCUT2D eigenvalue weighted by Crippen LogP contribution is -2.00. The van der Waals surface area contributed by atoms with Crippen LogP contribution in [0.3, 0.4) is 0 Å². The van der Waals surface area contributed by atoms with Crippen LogP contribution in [0, 0.1) is 0 Å². The van der Waals surface area contributed by atoms with Crippen LogP contribution in [0.2, 0.25) is 5.02 Å². The molecule has 4 aromatic rings. The molecule has 4 rings (SSSR count). The van der Waals surface area contributed by atoms with Crippen molar-refractivity contribution >= 4 is 50.1 Å². The van der Waals surface area contributed by atoms with Crippen LogP contribution in [-0.2, 0) is 6.61 Å². The first kappa shape index (κ1) is 19.5. The number of ether oxygens (including phenoxy) is 2. The van der Waals surface area contributed by atoms with Gasteiger partial charge in [-0.25, -0.2) is 9.97 Å². The van der Waals surface area contributed by atoms with E-state index in [1.54, 1.807) is 19.4 Å². The van der Waals surface area contributed by atoms with Gasteiger partial charge < -0.3 is 14.8 Å². The van der Waals surface area contributed by atoms with Crippen LogP contribution in [0.5, 0.6) is 11.5 Å². The summed E-state index contributed by atoms with van der Waals surface area (Å²) < 4.78 is 12.1. The summed E-state index contributed by atoms with van der Waals surface area (Å²) >= 11 is 9.74. The average Bonchev–Trinajstić information content (AvgIpc) is 2.74. The molecule has 5 nitrogen and oxygen atoms in total. The fourth-order valence-corrected chi connectivity index (χ4v) is 3.62. The van der Waals surface area contributed by atoms with E-state index in [2.05, 4.69) is 31.2 Å². The smallest absolute Gasteiger partial charge is 0.227 e. The van der Waals surface area contributed by atoms with E-state index in [1.165, 1.54) is 0 Å². The van der Waals surface area contributed by atoms with Gasteiger partial charge in [-0.2, -0.15) is 0 Å². The largest absolute Gasteiger partial charge is 0.495 e. The van der Waals surface area contributed by atoms with Crippen molar-refractivity contribution in [3.8, 4) is 11.5 Å². The van der Waals surface area contributed by atoms with Crippen LogP contribution in [0.25, 0.3) is 10.9 Å². The molecule has 0 aliphatic carbocycles. The maximum atomic E-state index is 6.16. The van der Waals surface area contributed by atoms with Gasteiger partial charge in [0, 0.05) is 21.6 Å². The maximum absolute atomic E-state index is 6.16. The number of benzene rings is 3. The number of fused-ring (bicyclic) bond motifs is 1. The summed E-state index contributed by atoms with van der Waals surface area (Å²) in [5.41, 5.74) is 2.60. The zero-order chi connectivity index (χ0) is 20.2. The van der Waals surface area contributed by atoms with Crippen molar-refractivity contribution in [2.75, 3.05) is 12.4 Å². The molecule has 7 heteroatoms. The molecule has 0 aliphatic heterocycles. The van der Waals surface area contributed by atoms with Crippen LogP contribution in [-0.4, -0.2) is 17.1 Å². The second-order valence-corrected chi connectivity index (χ2v) is 7.50.